The zero-order valence-corrected chi connectivity index (χ0v) is 18.0. The minimum Gasteiger partial charge on any atom is -0.465 e. The number of benzene rings is 3. The van der Waals surface area contributed by atoms with Gasteiger partial charge in [-0.25, -0.2) is 4.39 Å². The van der Waals surface area contributed by atoms with Gasteiger partial charge in [-0.05, 0) is 84.0 Å². The van der Waals surface area contributed by atoms with Gasteiger partial charge in [0.1, 0.15) is 5.82 Å². The van der Waals surface area contributed by atoms with Crippen LogP contribution in [0.1, 0.15) is 37.5 Å². The van der Waals surface area contributed by atoms with E-state index in [4.69, 9.17) is 4.74 Å². The maximum Gasteiger partial charge on any atom is 0.315 e. The molecule has 0 amide bonds. The first kappa shape index (κ1) is 20.8. The second-order valence-corrected chi connectivity index (χ2v) is 8.18. The molecule has 156 valence electrons. The third-order valence-corrected chi connectivity index (χ3v) is 5.68. The molecule has 3 heteroatoms. The Balaban J connectivity index is 1.73. The molecule has 3 aromatic rings. The minimum atomic E-state index is -0.884. The van der Waals surface area contributed by atoms with E-state index in [1.807, 2.05) is 38.1 Å². The summed E-state index contributed by atoms with van der Waals surface area (Å²) in [6, 6.07) is 23.3. The average molecular weight is 413 g/mol. The van der Waals surface area contributed by atoms with Crippen LogP contribution in [-0.4, -0.2) is 12.6 Å². The highest BCUT2D eigenvalue weighted by Crippen LogP contribution is 2.46. The minimum absolute atomic E-state index is 0.308. The van der Waals surface area contributed by atoms with E-state index < -0.39 is 5.41 Å². The number of hydrogen-bond acceptors (Lipinski definition) is 2. The first-order valence-electron chi connectivity index (χ1n) is 10.5. The van der Waals surface area contributed by atoms with Crippen molar-refractivity contribution < 1.29 is 13.9 Å². The fraction of sp³-hybridized carbons (Fsp3) is 0.179. The van der Waals surface area contributed by atoms with Gasteiger partial charge in [-0.15, -0.1) is 0 Å². The van der Waals surface area contributed by atoms with Gasteiger partial charge < -0.3 is 4.74 Å². The predicted octanol–water partition coefficient (Wildman–Crippen LogP) is 7.02. The molecule has 4 rings (SSSR count). The molecule has 31 heavy (non-hydrogen) atoms. The molecular formula is C28H25FO2. The van der Waals surface area contributed by atoms with Gasteiger partial charge >= 0.3 is 5.97 Å². The highest BCUT2D eigenvalue weighted by molar-refractivity contribution is 6.07. The molecule has 0 atom stereocenters. The summed E-state index contributed by atoms with van der Waals surface area (Å²) in [5.74, 6) is -0.636. The normalized spacial score (nSPS) is 14.3. The Hall–Kier alpha value is -3.46. The van der Waals surface area contributed by atoms with E-state index in [1.165, 1.54) is 17.7 Å². The van der Waals surface area contributed by atoms with Gasteiger partial charge in [0.2, 0.25) is 0 Å². The molecule has 0 fully saturated rings. The van der Waals surface area contributed by atoms with Gasteiger partial charge in [-0.3, -0.25) is 4.79 Å². The first-order valence-corrected chi connectivity index (χ1v) is 10.5. The van der Waals surface area contributed by atoms with E-state index in [9.17, 15) is 9.18 Å². The molecule has 0 radical (unpaired) electrons. The Bertz CT molecular complexity index is 1170. The van der Waals surface area contributed by atoms with Crippen LogP contribution < -0.4 is 0 Å². The first-order chi connectivity index (χ1) is 14.9. The van der Waals surface area contributed by atoms with Crippen LogP contribution in [0.25, 0.3) is 28.3 Å². The monoisotopic (exact) mass is 412 g/mol. The lowest BCUT2D eigenvalue weighted by Crippen LogP contribution is -2.27. The molecule has 3 aromatic carbocycles. The molecule has 2 nitrogen and oxygen atoms in total. The highest BCUT2D eigenvalue weighted by atomic mass is 19.1. The summed E-state index contributed by atoms with van der Waals surface area (Å²) in [5.41, 5.74) is 5.86. The van der Waals surface area contributed by atoms with E-state index in [0.717, 1.165) is 33.4 Å². The Morgan fingerprint density at radius 1 is 0.935 bits per heavy atom. The number of esters is 1. The van der Waals surface area contributed by atoms with Crippen LogP contribution in [0.5, 0.6) is 0 Å². The van der Waals surface area contributed by atoms with Gasteiger partial charge in [-0.1, -0.05) is 60.7 Å². The fourth-order valence-electron chi connectivity index (χ4n) is 3.94. The lowest BCUT2D eigenvalue weighted by molar-refractivity contribution is -0.150. The zero-order chi connectivity index (χ0) is 22.0. The maximum atomic E-state index is 14.1. The smallest absolute Gasteiger partial charge is 0.315 e. The number of hydrogen-bond donors (Lipinski definition) is 0. The van der Waals surface area contributed by atoms with Gasteiger partial charge in [0.05, 0.1) is 12.0 Å². The standard InChI is InChI=1S/C28H25FO2/c1-4-31-27(30)28(2,3)26-17-22(24-15-14-23(29)18-25(24)26)16-19-10-12-21(13-11-19)20-8-6-5-7-9-20/h5-18H,4H2,1-3H3/b22-16+. The Kier molecular flexibility index (Phi) is 5.60. The molecule has 1 aliphatic carbocycles. The number of fused-ring (bicyclic) bond motifs is 1. The second-order valence-electron chi connectivity index (χ2n) is 8.18. The van der Waals surface area contributed by atoms with Crippen LogP contribution in [0, 0.1) is 11.2 Å². The molecular weight excluding hydrogens is 387 g/mol. The Morgan fingerprint density at radius 3 is 2.29 bits per heavy atom. The summed E-state index contributed by atoms with van der Waals surface area (Å²) in [4.78, 5) is 12.6. The van der Waals surface area contributed by atoms with Crippen LogP contribution in [0.3, 0.4) is 0 Å². The number of carbonyl (C=O) groups is 1. The van der Waals surface area contributed by atoms with Crippen LogP contribution in [0.2, 0.25) is 0 Å². The van der Waals surface area contributed by atoms with Crippen molar-refractivity contribution in [1.29, 1.82) is 0 Å². The molecule has 0 spiro atoms. The van der Waals surface area contributed by atoms with Crippen molar-refractivity contribution in [3.63, 3.8) is 0 Å². The summed E-state index contributed by atoms with van der Waals surface area (Å²) < 4.78 is 19.3. The number of halogens is 1. The summed E-state index contributed by atoms with van der Waals surface area (Å²) in [6.07, 6.45) is 4.05. The summed E-state index contributed by atoms with van der Waals surface area (Å²) in [5, 5.41) is 0. The lowest BCUT2D eigenvalue weighted by atomic mass is 9.81. The second kappa shape index (κ2) is 8.35. The molecule has 0 unspecified atom stereocenters. The molecule has 0 heterocycles. The van der Waals surface area contributed by atoms with Crippen molar-refractivity contribution in [2.24, 2.45) is 5.41 Å². The van der Waals surface area contributed by atoms with Crippen LogP contribution in [0.15, 0.2) is 78.9 Å². The van der Waals surface area contributed by atoms with Crippen LogP contribution in [-0.2, 0) is 9.53 Å². The molecule has 0 N–H and O–H groups in total. The number of rotatable bonds is 5. The van der Waals surface area contributed by atoms with Gasteiger partial charge in [0.15, 0.2) is 0 Å². The number of ether oxygens (including phenoxy) is 1. The van der Waals surface area contributed by atoms with E-state index in [1.54, 1.807) is 13.0 Å². The molecule has 1 aliphatic rings. The Labute approximate surface area is 182 Å². The number of allylic oxidation sites excluding steroid dienone is 2. The van der Waals surface area contributed by atoms with Crippen molar-refractivity contribution in [1.82, 2.24) is 0 Å². The summed E-state index contributed by atoms with van der Waals surface area (Å²) >= 11 is 0. The molecule has 0 aliphatic heterocycles. The van der Waals surface area contributed by atoms with E-state index in [0.29, 0.717) is 6.61 Å². The Morgan fingerprint density at radius 2 is 1.61 bits per heavy atom. The summed E-state index contributed by atoms with van der Waals surface area (Å²) in [7, 11) is 0. The van der Waals surface area contributed by atoms with Gasteiger partial charge in [0.25, 0.3) is 0 Å². The SMILES string of the molecule is CCOC(=O)C(C)(C)C1=C/C(=C\c2ccc(-c3ccccc3)cc2)c2ccc(F)cc21. The number of carbonyl (C=O) groups excluding carboxylic acids is 1. The quantitative estimate of drug-likeness (QED) is 0.421. The zero-order valence-electron chi connectivity index (χ0n) is 18.0. The van der Waals surface area contributed by atoms with Crippen LogP contribution >= 0.6 is 0 Å². The van der Waals surface area contributed by atoms with Crippen molar-refractivity contribution >= 4 is 23.2 Å². The largest absolute Gasteiger partial charge is 0.465 e. The van der Waals surface area contributed by atoms with Gasteiger partial charge in [-0.2, -0.15) is 0 Å². The average Bonchev–Trinajstić information content (AvgIpc) is 3.13. The van der Waals surface area contributed by atoms with E-state index in [2.05, 4.69) is 42.5 Å². The van der Waals surface area contributed by atoms with Crippen molar-refractivity contribution in [2.45, 2.75) is 20.8 Å². The lowest BCUT2D eigenvalue weighted by Gasteiger charge is -2.24. The molecule has 0 aromatic heterocycles. The van der Waals surface area contributed by atoms with Crippen molar-refractivity contribution in [2.75, 3.05) is 6.61 Å². The van der Waals surface area contributed by atoms with E-state index in [-0.39, 0.29) is 11.8 Å². The summed E-state index contributed by atoms with van der Waals surface area (Å²) in [6.45, 7) is 5.74. The van der Waals surface area contributed by atoms with Crippen molar-refractivity contribution in [3.05, 3.63) is 101 Å². The molecule has 0 saturated heterocycles. The fourth-order valence-corrected chi connectivity index (χ4v) is 3.94. The van der Waals surface area contributed by atoms with Gasteiger partial charge in [0, 0.05) is 0 Å². The van der Waals surface area contributed by atoms with Crippen molar-refractivity contribution in [3.8, 4) is 11.1 Å². The topological polar surface area (TPSA) is 26.3 Å². The van der Waals surface area contributed by atoms with E-state index >= 15 is 0 Å². The molecule has 0 bridgehead atoms. The van der Waals surface area contributed by atoms with Crippen LogP contribution in [0.4, 0.5) is 4.39 Å². The maximum absolute atomic E-state index is 14.1. The predicted molar refractivity (Wildman–Crippen MR) is 125 cm³/mol. The third-order valence-electron chi connectivity index (χ3n) is 5.68. The molecule has 0 saturated carbocycles. The highest BCUT2D eigenvalue weighted by Gasteiger charge is 2.38. The third kappa shape index (κ3) is 4.09.